The molecule has 1 N–H and O–H groups in total. The summed E-state index contributed by atoms with van der Waals surface area (Å²) in [5, 5.41) is 21.2. The van der Waals surface area contributed by atoms with Gasteiger partial charge in [0.1, 0.15) is 12.1 Å². The Morgan fingerprint density at radius 2 is 1.87 bits per heavy atom. The van der Waals surface area contributed by atoms with Crippen LogP contribution in [0.15, 0.2) is 24.3 Å². The van der Waals surface area contributed by atoms with Crippen LogP contribution in [-0.4, -0.2) is 15.9 Å². The normalized spacial score (nSPS) is 23.4. The fraction of sp³-hybridized carbons (Fsp3) is 0.381. The van der Waals surface area contributed by atoms with E-state index in [2.05, 4.69) is 15.3 Å². The Kier molecular flexibility index (Phi) is 4.14. The van der Waals surface area contributed by atoms with Crippen molar-refractivity contribution in [3.8, 4) is 12.1 Å². The SMILES string of the molecule is CC1(C)C2CCC1(C(=O)Nc1cccc(C(F)(F)F)c1)c1nc(C#N)c(C#N)nc12. The van der Waals surface area contributed by atoms with Crippen molar-refractivity contribution in [2.75, 3.05) is 5.32 Å². The summed E-state index contributed by atoms with van der Waals surface area (Å²) in [6, 6.07) is 8.14. The van der Waals surface area contributed by atoms with E-state index in [0.717, 1.165) is 12.1 Å². The van der Waals surface area contributed by atoms with Crippen LogP contribution in [0.2, 0.25) is 0 Å². The molecule has 0 saturated heterocycles. The summed E-state index contributed by atoms with van der Waals surface area (Å²) in [4.78, 5) is 22.1. The number of carbonyl (C=O) groups is 1. The number of benzene rings is 1. The first kappa shape index (κ1) is 19.8. The van der Waals surface area contributed by atoms with E-state index >= 15 is 0 Å². The number of amides is 1. The maximum atomic E-state index is 13.5. The van der Waals surface area contributed by atoms with Crippen molar-refractivity contribution in [3.05, 3.63) is 52.6 Å². The van der Waals surface area contributed by atoms with Gasteiger partial charge in [-0.15, -0.1) is 0 Å². The van der Waals surface area contributed by atoms with Crippen LogP contribution in [0.1, 0.15) is 60.9 Å². The number of halogens is 3. The average Bonchev–Trinajstić information content (AvgIpc) is 3.08. The standard InChI is InChI=1S/C21H16F3N5O/c1-19(2)13-6-7-20(19,17-16(13)28-14(9-25)15(10-26)29-17)18(30)27-12-5-3-4-11(8-12)21(22,23)24/h3-5,8,13H,6-7H2,1-2H3,(H,27,30). The summed E-state index contributed by atoms with van der Waals surface area (Å²) in [6.07, 6.45) is -3.48. The summed E-state index contributed by atoms with van der Waals surface area (Å²) < 4.78 is 39.1. The summed E-state index contributed by atoms with van der Waals surface area (Å²) in [7, 11) is 0. The highest BCUT2D eigenvalue weighted by atomic mass is 19.4. The highest BCUT2D eigenvalue weighted by Gasteiger charge is 2.68. The van der Waals surface area contributed by atoms with Gasteiger partial charge >= 0.3 is 6.18 Å². The third kappa shape index (κ3) is 2.51. The molecule has 0 spiro atoms. The molecule has 2 unspecified atom stereocenters. The molecular formula is C21H16F3N5O. The predicted molar refractivity (Wildman–Crippen MR) is 99.0 cm³/mol. The molecule has 2 bridgehead atoms. The fourth-order valence-corrected chi connectivity index (χ4v) is 4.93. The first-order chi connectivity index (χ1) is 14.1. The van der Waals surface area contributed by atoms with Gasteiger partial charge in [0.2, 0.25) is 5.91 Å². The fourth-order valence-electron chi connectivity index (χ4n) is 4.93. The number of nitrogens with one attached hydrogen (secondary N) is 1. The number of fused-ring (bicyclic) bond motifs is 5. The molecule has 2 aliphatic rings. The molecule has 1 aromatic heterocycles. The van der Waals surface area contributed by atoms with E-state index in [4.69, 9.17) is 0 Å². The van der Waals surface area contributed by atoms with E-state index in [1.807, 2.05) is 26.0 Å². The van der Waals surface area contributed by atoms with Gasteiger partial charge in [0.05, 0.1) is 22.4 Å². The minimum atomic E-state index is -4.53. The van der Waals surface area contributed by atoms with E-state index in [-0.39, 0.29) is 23.0 Å². The zero-order valence-corrected chi connectivity index (χ0v) is 16.1. The van der Waals surface area contributed by atoms with Crippen LogP contribution < -0.4 is 5.32 Å². The van der Waals surface area contributed by atoms with Crippen molar-refractivity contribution in [1.29, 1.82) is 10.5 Å². The predicted octanol–water partition coefficient (Wildman–Crippen LogP) is 4.03. The molecule has 30 heavy (non-hydrogen) atoms. The average molecular weight is 411 g/mol. The van der Waals surface area contributed by atoms with Gasteiger partial charge in [-0.05, 0) is 36.5 Å². The maximum Gasteiger partial charge on any atom is 0.416 e. The van der Waals surface area contributed by atoms with Crippen molar-refractivity contribution in [3.63, 3.8) is 0 Å². The lowest BCUT2D eigenvalue weighted by Gasteiger charge is -2.36. The number of anilines is 1. The molecule has 152 valence electrons. The molecule has 4 rings (SSSR count). The lowest BCUT2D eigenvalue weighted by atomic mass is 9.67. The molecule has 1 amide bonds. The number of rotatable bonds is 2. The Bertz CT molecular complexity index is 1160. The first-order valence-corrected chi connectivity index (χ1v) is 9.27. The quantitative estimate of drug-likeness (QED) is 0.804. The van der Waals surface area contributed by atoms with E-state index in [9.17, 15) is 28.5 Å². The van der Waals surface area contributed by atoms with Crippen molar-refractivity contribution >= 4 is 11.6 Å². The molecule has 1 aromatic carbocycles. The lowest BCUT2D eigenvalue weighted by molar-refractivity contribution is -0.137. The molecule has 0 aliphatic heterocycles. The van der Waals surface area contributed by atoms with Gasteiger partial charge in [-0.1, -0.05) is 19.9 Å². The molecule has 1 saturated carbocycles. The summed E-state index contributed by atoms with van der Waals surface area (Å²) in [5.41, 5.74) is -2.03. The Balaban J connectivity index is 1.80. The van der Waals surface area contributed by atoms with E-state index in [1.54, 1.807) is 0 Å². The molecule has 1 fully saturated rings. The highest BCUT2D eigenvalue weighted by molar-refractivity contribution is 6.01. The number of nitrogens with zero attached hydrogens (tertiary/aromatic N) is 4. The molecule has 2 aromatic rings. The van der Waals surface area contributed by atoms with Gasteiger partial charge in [-0.3, -0.25) is 4.79 Å². The Hall–Kier alpha value is -3.46. The Labute approximate surface area is 170 Å². The number of carbonyl (C=O) groups excluding carboxylic acids is 1. The molecule has 2 atom stereocenters. The number of alkyl halides is 3. The Morgan fingerprint density at radius 3 is 2.50 bits per heavy atom. The van der Waals surface area contributed by atoms with Crippen LogP contribution in [0.25, 0.3) is 0 Å². The maximum absolute atomic E-state index is 13.5. The van der Waals surface area contributed by atoms with Gasteiger partial charge in [-0.25, -0.2) is 9.97 Å². The zero-order chi connectivity index (χ0) is 21.9. The number of hydrogen-bond acceptors (Lipinski definition) is 5. The molecule has 0 radical (unpaired) electrons. The van der Waals surface area contributed by atoms with Crippen LogP contribution in [0, 0.1) is 28.1 Å². The third-order valence-electron chi connectivity index (χ3n) is 6.48. The van der Waals surface area contributed by atoms with E-state index in [0.29, 0.717) is 24.2 Å². The van der Waals surface area contributed by atoms with E-state index in [1.165, 1.54) is 12.1 Å². The highest BCUT2D eigenvalue weighted by Crippen LogP contribution is 2.67. The molecule has 9 heteroatoms. The number of aromatic nitrogens is 2. The van der Waals surface area contributed by atoms with Crippen LogP contribution in [0.3, 0.4) is 0 Å². The second-order valence-corrected chi connectivity index (χ2v) is 8.13. The first-order valence-electron chi connectivity index (χ1n) is 9.27. The van der Waals surface area contributed by atoms with Crippen molar-refractivity contribution in [1.82, 2.24) is 9.97 Å². The minimum absolute atomic E-state index is 0.0269. The topological polar surface area (TPSA) is 102 Å². The van der Waals surface area contributed by atoms with Crippen molar-refractivity contribution < 1.29 is 18.0 Å². The van der Waals surface area contributed by atoms with Gasteiger partial charge in [0, 0.05) is 11.6 Å². The third-order valence-corrected chi connectivity index (χ3v) is 6.48. The summed E-state index contributed by atoms with van der Waals surface area (Å²) in [6.45, 7) is 3.77. The van der Waals surface area contributed by atoms with Crippen LogP contribution in [0.4, 0.5) is 18.9 Å². The summed E-state index contributed by atoms with van der Waals surface area (Å²) in [5.74, 6) is -0.636. The summed E-state index contributed by atoms with van der Waals surface area (Å²) >= 11 is 0. The number of nitriles is 2. The van der Waals surface area contributed by atoms with Crippen LogP contribution >= 0.6 is 0 Å². The monoisotopic (exact) mass is 411 g/mol. The molecule has 2 aliphatic carbocycles. The Morgan fingerprint density at radius 1 is 1.20 bits per heavy atom. The van der Waals surface area contributed by atoms with Crippen LogP contribution in [0.5, 0.6) is 0 Å². The van der Waals surface area contributed by atoms with Gasteiger partial charge in [-0.2, -0.15) is 23.7 Å². The zero-order valence-electron chi connectivity index (χ0n) is 16.1. The van der Waals surface area contributed by atoms with E-state index < -0.39 is 28.5 Å². The molecular weight excluding hydrogens is 395 g/mol. The van der Waals surface area contributed by atoms with Crippen molar-refractivity contribution in [2.45, 2.75) is 44.2 Å². The molecule has 1 heterocycles. The van der Waals surface area contributed by atoms with Gasteiger partial charge in [0.15, 0.2) is 11.4 Å². The largest absolute Gasteiger partial charge is 0.416 e. The van der Waals surface area contributed by atoms with Crippen LogP contribution in [-0.2, 0) is 16.4 Å². The second-order valence-electron chi connectivity index (χ2n) is 8.13. The minimum Gasteiger partial charge on any atom is -0.325 e. The second kappa shape index (κ2) is 6.27. The molecule has 6 nitrogen and oxygen atoms in total. The van der Waals surface area contributed by atoms with Crippen molar-refractivity contribution in [2.24, 2.45) is 5.41 Å². The van der Waals surface area contributed by atoms with Gasteiger partial charge in [0.25, 0.3) is 0 Å². The lowest BCUT2D eigenvalue weighted by Crippen LogP contribution is -2.46. The van der Waals surface area contributed by atoms with Gasteiger partial charge < -0.3 is 5.32 Å². The number of hydrogen-bond donors (Lipinski definition) is 1. The smallest absolute Gasteiger partial charge is 0.325 e.